The van der Waals surface area contributed by atoms with E-state index in [0.717, 1.165) is 24.6 Å². The van der Waals surface area contributed by atoms with Gasteiger partial charge in [-0.05, 0) is 50.4 Å². The molecule has 292 valence electrons. The van der Waals surface area contributed by atoms with Crippen LogP contribution in [0.5, 0.6) is 6.01 Å². The number of ether oxygens (including phenoxy) is 2. The molecule has 2 N–H and O–H groups in total. The fourth-order valence-corrected chi connectivity index (χ4v) is 9.76. The van der Waals surface area contributed by atoms with Crippen LogP contribution in [0.25, 0.3) is 32.1 Å². The summed E-state index contributed by atoms with van der Waals surface area (Å²) in [7, 11) is 1.58. The van der Waals surface area contributed by atoms with Crippen molar-refractivity contribution in [2.24, 2.45) is 0 Å². The van der Waals surface area contributed by atoms with Crippen molar-refractivity contribution < 1.29 is 40.6 Å². The summed E-state index contributed by atoms with van der Waals surface area (Å²) in [5, 5.41) is 9.26. The molecular formula is C37H38F6N8O3S. The van der Waals surface area contributed by atoms with Gasteiger partial charge in [0, 0.05) is 62.1 Å². The number of urea groups is 1. The van der Waals surface area contributed by atoms with E-state index in [4.69, 9.17) is 15.2 Å². The number of nitrogens with zero attached hydrogens (tertiary/aromatic N) is 7. The molecule has 3 unspecified atom stereocenters. The number of halogens is 6. The molecule has 4 aliphatic rings. The number of anilines is 2. The molecule has 0 saturated carbocycles. The minimum Gasteiger partial charge on any atom is -0.461 e. The first-order chi connectivity index (χ1) is 26.3. The third kappa shape index (κ3) is 6.24. The Hall–Kier alpha value is -4.60. The number of carbonyl (C=O) groups is 1. The number of carbonyl (C=O) groups excluding carboxylic acids is 1. The molecule has 0 radical (unpaired) electrons. The quantitative estimate of drug-likeness (QED) is 0.198. The first-order valence-electron chi connectivity index (χ1n) is 18.1. The molecule has 0 bridgehead atoms. The van der Waals surface area contributed by atoms with Crippen LogP contribution >= 0.6 is 11.3 Å². The summed E-state index contributed by atoms with van der Waals surface area (Å²) in [6, 6.07) is 3.61. The number of nitrogen functional groups attached to an aromatic ring is 1. The van der Waals surface area contributed by atoms with Gasteiger partial charge in [-0.15, -0.1) is 11.3 Å². The monoisotopic (exact) mass is 788 g/mol. The summed E-state index contributed by atoms with van der Waals surface area (Å²) in [5.41, 5.74) is 1.89. The van der Waals surface area contributed by atoms with Crippen molar-refractivity contribution in [3.63, 3.8) is 0 Å². The molecule has 4 saturated heterocycles. The first-order valence-corrected chi connectivity index (χ1v) is 19.0. The number of thiophene rings is 1. The summed E-state index contributed by atoms with van der Waals surface area (Å²) in [6.45, 7) is 4.41. The number of hydrogen-bond acceptors (Lipinski definition) is 10. The fraction of sp³-hybridized carbons (Fsp3) is 0.514. The Bertz CT molecular complexity index is 2230. The summed E-state index contributed by atoms with van der Waals surface area (Å²) >= 11 is 0.680. The van der Waals surface area contributed by atoms with Crippen LogP contribution in [-0.4, -0.2) is 114 Å². The second-order valence-electron chi connectivity index (χ2n) is 14.7. The van der Waals surface area contributed by atoms with Crippen LogP contribution in [0.15, 0.2) is 18.2 Å². The highest BCUT2D eigenvalue weighted by atomic mass is 32.1. The van der Waals surface area contributed by atoms with Crippen molar-refractivity contribution in [3.05, 3.63) is 41.0 Å². The minimum absolute atomic E-state index is 0.0259. The SMILES string of the molecule is CCN(c1nc(OCC23CCCN2CC(F)C3)nc2c(F)c(-c3ccc(F)c4sc(N)c(C#N)c34)c(C(F)(F)F)cc12)C1CCN(C(=O)N2CC(OC)C2)C1. The lowest BCUT2D eigenvalue weighted by atomic mass is 9.92. The Kier molecular flexibility index (Phi) is 9.40. The number of nitrogens with two attached hydrogens (primary N) is 1. The van der Waals surface area contributed by atoms with Crippen molar-refractivity contribution in [2.75, 3.05) is 70.2 Å². The predicted molar refractivity (Wildman–Crippen MR) is 194 cm³/mol. The molecule has 18 heteroatoms. The van der Waals surface area contributed by atoms with Crippen molar-refractivity contribution >= 4 is 49.2 Å². The van der Waals surface area contributed by atoms with Crippen molar-refractivity contribution in [1.82, 2.24) is 24.7 Å². The molecular weight excluding hydrogens is 751 g/mol. The number of nitriles is 1. The molecule has 2 aromatic carbocycles. The lowest BCUT2D eigenvalue weighted by molar-refractivity contribution is -0.137. The van der Waals surface area contributed by atoms with Gasteiger partial charge in [-0.25, -0.2) is 18.0 Å². The Balaban J connectivity index is 1.28. The number of alkyl halides is 4. The molecule has 0 aliphatic carbocycles. The van der Waals surface area contributed by atoms with Gasteiger partial charge in [0.05, 0.1) is 40.6 Å². The lowest BCUT2D eigenvalue weighted by Gasteiger charge is -2.40. The van der Waals surface area contributed by atoms with Gasteiger partial charge in [0.1, 0.15) is 41.0 Å². The minimum atomic E-state index is -5.13. The van der Waals surface area contributed by atoms with Crippen molar-refractivity contribution in [3.8, 4) is 23.2 Å². The number of aromatic nitrogens is 2. The molecule has 4 aliphatic heterocycles. The largest absolute Gasteiger partial charge is 0.461 e. The number of fused-ring (bicyclic) bond motifs is 3. The molecule has 8 rings (SSSR count). The van der Waals surface area contributed by atoms with Gasteiger partial charge < -0.3 is 29.9 Å². The average Bonchev–Trinajstić information content (AvgIpc) is 3.90. The van der Waals surface area contributed by atoms with Crippen LogP contribution in [-0.2, 0) is 10.9 Å². The third-order valence-electron chi connectivity index (χ3n) is 11.6. The Labute approximate surface area is 316 Å². The number of methoxy groups -OCH3 is 1. The maximum atomic E-state index is 17.3. The molecule has 55 heavy (non-hydrogen) atoms. The number of benzene rings is 2. The van der Waals surface area contributed by atoms with Gasteiger partial charge in [0.2, 0.25) is 0 Å². The Morgan fingerprint density at radius 3 is 2.65 bits per heavy atom. The van der Waals surface area contributed by atoms with Gasteiger partial charge in [-0.1, -0.05) is 6.07 Å². The number of likely N-dealkylation sites (N-methyl/N-ethyl adjacent to an activating group) is 1. The van der Waals surface area contributed by atoms with E-state index in [0.29, 0.717) is 50.4 Å². The number of likely N-dealkylation sites (tertiary alicyclic amines) is 2. The molecule has 4 aromatic rings. The van der Waals surface area contributed by atoms with E-state index in [-0.39, 0.29) is 88.2 Å². The zero-order chi connectivity index (χ0) is 39.0. The van der Waals surface area contributed by atoms with Crippen LogP contribution < -0.4 is 15.4 Å². The van der Waals surface area contributed by atoms with E-state index >= 15 is 22.0 Å². The van der Waals surface area contributed by atoms with Crippen LogP contribution in [0.1, 0.15) is 43.7 Å². The molecule has 2 amide bonds. The highest BCUT2D eigenvalue weighted by Gasteiger charge is 2.49. The zero-order valence-electron chi connectivity index (χ0n) is 30.1. The van der Waals surface area contributed by atoms with Gasteiger partial charge in [0.15, 0.2) is 5.82 Å². The van der Waals surface area contributed by atoms with E-state index in [9.17, 15) is 14.4 Å². The van der Waals surface area contributed by atoms with Crippen LogP contribution in [0, 0.1) is 23.0 Å². The summed E-state index contributed by atoms with van der Waals surface area (Å²) < 4.78 is 104. The molecule has 0 spiro atoms. The third-order valence-corrected chi connectivity index (χ3v) is 12.6. The fourth-order valence-electron chi connectivity index (χ4n) is 8.81. The van der Waals surface area contributed by atoms with Crippen LogP contribution in [0.4, 0.5) is 42.0 Å². The standard InChI is InChI=1S/C37H38F6N8O3S/c1-3-51(20-7-10-48(15-20)35(52)49-16-21(17-49)53-2)33-23-11-25(37(41,42)43)28(22-5-6-26(39)31-27(22)24(13-44)32(45)55-31)29(40)30(23)46-34(47-33)54-18-36-8-4-9-50(36)14-19(38)12-36/h5-6,11,19-21H,3-4,7-10,12,14-18,45H2,1-2H3. The normalized spacial score (nSPS) is 23.1. The van der Waals surface area contributed by atoms with Gasteiger partial charge >= 0.3 is 18.2 Å². The molecule has 4 fully saturated rings. The van der Waals surface area contributed by atoms with E-state index in [1.165, 1.54) is 0 Å². The highest BCUT2D eigenvalue weighted by molar-refractivity contribution is 7.23. The molecule has 2 aromatic heterocycles. The average molecular weight is 789 g/mol. The van der Waals surface area contributed by atoms with E-state index in [1.807, 2.05) is 11.0 Å². The smallest absolute Gasteiger partial charge is 0.417 e. The second-order valence-corrected chi connectivity index (χ2v) is 15.7. The Morgan fingerprint density at radius 2 is 1.95 bits per heavy atom. The first kappa shape index (κ1) is 37.3. The van der Waals surface area contributed by atoms with Crippen molar-refractivity contribution in [2.45, 2.75) is 62.6 Å². The molecule has 11 nitrogen and oxygen atoms in total. The maximum Gasteiger partial charge on any atom is 0.417 e. The number of rotatable bonds is 8. The van der Waals surface area contributed by atoms with Gasteiger partial charge in [-0.3, -0.25) is 4.90 Å². The van der Waals surface area contributed by atoms with Gasteiger partial charge in [-0.2, -0.15) is 28.4 Å². The van der Waals surface area contributed by atoms with Crippen LogP contribution in [0.2, 0.25) is 0 Å². The number of hydrogen-bond donors (Lipinski definition) is 1. The highest BCUT2D eigenvalue weighted by Crippen LogP contribution is 2.48. The Morgan fingerprint density at radius 1 is 1.16 bits per heavy atom. The lowest BCUT2D eigenvalue weighted by Crippen LogP contribution is -2.58. The second kappa shape index (κ2) is 13.9. The molecule has 3 atom stereocenters. The zero-order valence-corrected chi connectivity index (χ0v) is 30.9. The topological polar surface area (TPSA) is 124 Å². The maximum absolute atomic E-state index is 17.3. The molecule has 6 heterocycles. The summed E-state index contributed by atoms with van der Waals surface area (Å²) in [6.07, 6.45) is -4.08. The summed E-state index contributed by atoms with van der Waals surface area (Å²) in [4.78, 5) is 29.4. The van der Waals surface area contributed by atoms with E-state index in [1.54, 1.807) is 28.7 Å². The number of amides is 2. The van der Waals surface area contributed by atoms with E-state index in [2.05, 4.69) is 9.97 Å². The van der Waals surface area contributed by atoms with Crippen molar-refractivity contribution in [1.29, 1.82) is 5.26 Å². The van der Waals surface area contributed by atoms with Crippen LogP contribution in [0.3, 0.4) is 0 Å². The van der Waals surface area contributed by atoms with Gasteiger partial charge in [0.25, 0.3) is 0 Å². The van der Waals surface area contributed by atoms with E-state index < -0.39 is 52.2 Å². The predicted octanol–water partition coefficient (Wildman–Crippen LogP) is 6.57. The summed E-state index contributed by atoms with van der Waals surface area (Å²) in [5.74, 6) is -2.24.